The van der Waals surface area contributed by atoms with Gasteiger partial charge in [0.25, 0.3) is 0 Å². The van der Waals surface area contributed by atoms with Gasteiger partial charge in [0.15, 0.2) is 5.78 Å². The van der Waals surface area contributed by atoms with Gasteiger partial charge >= 0.3 is 0 Å². The first-order valence-electron chi connectivity index (χ1n) is 4.74. The molecule has 1 aliphatic carbocycles. The minimum atomic E-state index is 0.219. The molecule has 0 fully saturated rings. The van der Waals surface area contributed by atoms with Crippen LogP contribution in [0.3, 0.4) is 0 Å². The molecule has 0 aromatic carbocycles. The third kappa shape index (κ3) is 2.65. The average Bonchev–Trinajstić information content (AvgIpc) is 2.15. The van der Waals surface area contributed by atoms with Crippen molar-refractivity contribution < 1.29 is 4.79 Å². The summed E-state index contributed by atoms with van der Waals surface area (Å²) in [6.45, 7) is 2.04. The van der Waals surface area contributed by atoms with Crippen LogP contribution in [0.1, 0.15) is 39.0 Å². The van der Waals surface area contributed by atoms with Gasteiger partial charge in [0.1, 0.15) is 0 Å². The summed E-state index contributed by atoms with van der Waals surface area (Å²) in [5, 5.41) is 0. The second-order valence-corrected chi connectivity index (χ2v) is 3.15. The Morgan fingerprint density at radius 2 is 2.42 bits per heavy atom. The number of hydrogen-bond acceptors (Lipinski definition) is 1. The lowest BCUT2D eigenvalue weighted by Crippen LogP contribution is -2.02. The van der Waals surface area contributed by atoms with Gasteiger partial charge in [-0.25, -0.2) is 0 Å². The molecule has 0 N–H and O–H groups in total. The minimum absolute atomic E-state index is 0.219. The van der Waals surface area contributed by atoms with Crippen LogP contribution in [0.4, 0.5) is 0 Å². The zero-order valence-electron chi connectivity index (χ0n) is 7.68. The van der Waals surface area contributed by atoms with Crippen molar-refractivity contribution >= 4 is 5.78 Å². The SMILES string of the molecule is CCC=CC(=O)C1=CCCCC1. The molecule has 0 aromatic heterocycles. The summed E-state index contributed by atoms with van der Waals surface area (Å²) in [7, 11) is 0. The average molecular weight is 164 g/mol. The van der Waals surface area contributed by atoms with Crippen molar-refractivity contribution in [3.05, 3.63) is 23.8 Å². The molecule has 1 heteroatoms. The number of rotatable bonds is 3. The molecule has 1 rings (SSSR count). The van der Waals surface area contributed by atoms with Crippen LogP contribution < -0.4 is 0 Å². The van der Waals surface area contributed by atoms with Gasteiger partial charge in [-0.1, -0.05) is 19.1 Å². The topological polar surface area (TPSA) is 17.1 Å². The maximum Gasteiger partial charge on any atom is 0.181 e. The van der Waals surface area contributed by atoms with Crippen LogP contribution in [0.2, 0.25) is 0 Å². The van der Waals surface area contributed by atoms with E-state index in [1.807, 2.05) is 13.0 Å². The normalized spacial score (nSPS) is 17.9. The Morgan fingerprint density at radius 3 is 3.00 bits per heavy atom. The highest BCUT2D eigenvalue weighted by Gasteiger charge is 2.08. The molecule has 0 bridgehead atoms. The molecule has 0 heterocycles. The first-order chi connectivity index (χ1) is 5.84. The molecule has 0 aromatic rings. The van der Waals surface area contributed by atoms with Gasteiger partial charge in [-0.15, -0.1) is 0 Å². The lowest BCUT2D eigenvalue weighted by Gasteiger charge is -2.08. The van der Waals surface area contributed by atoms with E-state index in [2.05, 4.69) is 6.08 Å². The molecule has 0 radical (unpaired) electrons. The molecular weight excluding hydrogens is 148 g/mol. The van der Waals surface area contributed by atoms with E-state index in [1.54, 1.807) is 6.08 Å². The Kier molecular flexibility index (Phi) is 3.78. The van der Waals surface area contributed by atoms with E-state index in [9.17, 15) is 4.79 Å². The highest BCUT2D eigenvalue weighted by atomic mass is 16.1. The summed E-state index contributed by atoms with van der Waals surface area (Å²) in [4.78, 5) is 11.4. The molecule has 66 valence electrons. The van der Waals surface area contributed by atoms with Crippen LogP contribution in [0.5, 0.6) is 0 Å². The van der Waals surface area contributed by atoms with E-state index in [1.165, 1.54) is 12.8 Å². The first kappa shape index (κ1) is 9.24. The minimum Gasteiger partial charge on any atom is -0.290 e. The van der Waals surface area contributed by atoms with Gasteiger partial charge < -0.3 is 0 Å². The van der Waals surface area contributed by atoms with Crippen molar-refractivity contribution in [2.24, 2.45) is 0 Å². The molecular formula is C11H16O. The van der Waals surface area contributed by atoms with Crippen LogP contribution >= 0.6 is 0 Å². The van der Waals surface area contributed by atoms with E-state index in [0.717, 1.165) is 24.8 Å². The Labute approximate surface area is 74.2 Å². The van der Waals surface area contributed by atoms with Gasteiger partial charge in [0.05, 0.1) is 0 Å². The van der Waals surface area contributed by atoms with E-state index in [-0.39, 0.29) is 5.78 Å². The predicted molar refractivity (Wildman–Crippen MR) is 51.0 cm³/mol. The molecule has 0 spiro atoms. The summed E-state index contributed by atoms with van der Waals surface area (Å²) in [6, 6.07) is 0. The number of allylic oxidation sites excluding steroid dienone is 4. The molecule has 0 unspecified atom stereocenters. The Hall–Kier alpha value is -0.850. The fourth-order valence-corrected chi connectivity index (χ4v) is 1.39. The van der Waals surface area contributed by atoms with E-state index < -0.39 is 0 Å². The van der Waals surface area contributed by atoms with Crippen LogP contribution in [-0.2, 0) is 4.79 Å². The number of ketones is 1. The van der Waals surface area contributed by atoms with Crippen LogP contribution in [0, 0.1) is 0 Å². The first-order valence-corrected chi connectivity index (χ1v) is 4.74. The highest BCUT2D eigenvalue weighted by Crippen LogP contribution is 2.18. The highest BCUT2D eigenvalue weighted by molar-refractivity contribution is 6.03. The van der Waals surface area contributed by atoms with Gasteiger partial charge in [-0.3, -0.25) is 4.79 Å². The van der Waals surface area contributed by atoms with E-state index in [4.69, 9.17) is 0 Å². The van der Waals surface area contributed by atoms with Gasteiger partial charge in [0.2, 0.25) is 0 Å². The molecule has 0 aliphatic heterocycles. The molecule has 1 aliphatic rings. The van der Waals surface area contributed by atoms with Crippen molar-refractivity contribution in [3.8, 4) is 0 Å². The van der Waals surface area contributed by atoms with Crippen molar-refractivity contribution in [1.82, 2.24) is 0 Å². The molecule has 0 amide bonds. The van der Waals surface area contributed by atoms with Crippen molar-refractivity contribution in [2.45, 2.75) is 39.0 Å². The lowest BCUT2D eigenvalue weighted by atomic mass is 9.96. The van der Waals surface area contributed by atoms with E-state index >= 15 is 0 Å². The number of hydrogen-bond donors (Lipinski definition) is 0. The predicted octanol–water partition coefficient (Wildman–Crippen LogP) is 3.02. The maximum atomic E-state index is 11.4. The Morgan fingerprint density at radius 1 is 1.58 bits per heavy atom. The van der Waals surface area contributed by atoms with E-state index in [0.29, 0.717) is 0 Å². The fourth-order valence-electron chi connectivity index (χ4n) is 1.39. The Bertz CT molecular complexity index is 211. The maximum absolute atomic E-state index is 11.4. The summed E-state index contributed by atoms with van der Waals surface area (Å²) < 4.78 is 0. The third-order valence-electron chi connectivity index (χ3n) is 2.11. The van der Waals surface area contributed by atoms with Gasteiger partial charge in [-0.05, 0) is 43.8 Å². The van der Waals surface area contributed by atoms with Crippen LogP contribution in [0.25, 0.3) is 0 Å². The quantitative estimate of drug-likeness (QED) is 0.586. The number of carbonyl (C=O) groups is 1. The fraction of sp³-hybridized carbons (Fsp3) is 0.545. The smallest absolute Gasteiger partial charge is 0.181 e. The van der Waals surface area contributed by atoms with Crippen LogP contribution in [-0.4, -0.2) is 5.78 Å². The summed E-state index contributed by atoms with van der Waals surface area (Å²) in [5.74, 6) is 0.219. The van der Waals surface area contributed by atoms with Crippen molar-refractivity contribution in [1.29, 1.82) is 0 Å². The second kappa shape index (κ2) is 4.91. The summed E-state index contributed by atoms with van der Waals surface area (Å²) in [6.07, 6.45) is 11.2. The Balaban J connectivity index is 2.51. The van der Waals surface area contributed by atoms with Gasteiger partial charge in [-0.2, -0.15) is 0 Å². The van der Waals surface area contributed by atoms with Gasteiger partial charge in [0, 0.05) is 0 Å². The molecule has 0 saturated carbocycles. The molecule has 0 atom stereocenters. The molecule has 1 nitrogen and oxygen atoms in total. The molecule has 12 heavy (non-hydrogen) atoms. The lowest BCUT2D eigenvalue weighted by molar-refractivity contribution is -0.111. The van der Waals surface area contributed by atoms with Crippen molar-refractivity contribution in [3.63, 3.8) is 0 Å². The van der Waals surface area contributed by atoms with Crippen molar-refractivity contribution in [2.75, 3.05) is 0 Å². The monoisotopic (exact) mass is 164 g/mol. The van der Waals surface area contributed by atoms with Crippen LogP contribution in [0.15, 0.2) is 23.8 Å². The molecule has 0 saturated heterocycles. The third-order valence-corrected chi connectivity index (χ3v) is 2.11. The second-order valence-electron chi connectivity index (χ2n) is 3.15. The summed E-state index contributed by atoms with van der Waals surface area (Å²) in [5.41, 5.74) is 1.02. The number of carbonyl (C=O) groups excluding carboxylic acids is 1. The standard InChI is InChI=1S/C11H16O/c1-2-3-9-11(12)10-7-5-4-6-8-10/h3,7,9H,2,4-6,8H2,1H3. The summed E-state index contributed by atoms with van der Waals surface area (Å²) >= 11 is 0. The zero-order valence-corrected chi connectivity index (χ0v) is 7.68. The largest absolute Gasteiger partial charge is 0.290 e. The zero-order chi connectivity index (χ0) is 8.81.